The summed E-state index contributed by atoms with van der Waals surface area (Å²) in [5.41, 5.74) is 1.17. The Labute approximate surface area is 159 Å². The van der Waals surface area contributed by atoms with E-state index in [0.29, 0.717) is 16.7 Å². The molecule has 1 aliphatic carbocycles. The average molecular weight is 406 g/mol. The fraction of sp³-hybridized carbons (Fsp3) is 0.222. The molecule has 0 aliphatic heterocycles. The van der Waals surface area contributed by atoms with E-state index in [1.807, 2.05) is 0 Å². The summed E-state index contributed by atoms with van der Waals surface area (Å²) < 4.78 is 52.7. The number of benzene rings is 2. The molecule has 0 bridgehead atoms. The Morgan fingerprint density at radius 2 is 1.96 bits per heavy atom. The fourth-order valence-corrected chi connectivity index (χ4v) is 4.06. The molecule has 146 valence electrons. The Hall–Kier alpha value is -2.85. The van der Waals surface area contributed by atoms with Gasteiger partial charge in [0.05, 0.1) is 15.9 Å². The van der Waals surface area contributed by atoms with Crippen molar-refractivity contribution in [1.82, 2.24) is 14.7 Å². The van der Waals surface area contributed by atoms with E-state index < -0.39 is 28.2 Å². The third kappa shape index (κ3) is 3.87. The Morgan fingerprint density at radius 1 is 1.18 bits per heavy atom. The average Bonchev–Trinajstić information content (AvgIpc) is 3.34. The summed E-state index contributed by atoms with van der Waals surface area (Å²) in [6.07, 6.45) is -1.10. The molecule has 3 aromatic rings. The topological polar surface area (TPSA) is 104 Å². The van der Waals surface area contributed by atoms with Crippen molar-refractivity contribution >= 4 is 32.7 Å². The van der Waals surface area contributed by atoms with Crippen molar-refractivity contribution < 1.29 is 22.0 Å². The minimum Gasteiger partial charge on any atom is -0.337 e. The normalized spacial score (nSPS) is 14.5. The second kappa shape index (κ2) is 6.95. The van der Waals surface area contributed by atoms with Crippen LogP contribution in [0.25, 0.3) is 11.0 Å². The molecule has 0 radical (unpaired) electrons. The van der Waals surface area contributed by atoms with Crippen molar-refractivity contribution in [2.75, 3.05) is 5.32 Å². The molecule has 1 aliphatic rings. The van der Waals surface area contributed by atoms with Crippen molar-refractivity contribution in [3.63, 3.8) is 0 Å². The summed E-state index contributed by atoms with van der Waals surface area (Å²) >= 11 is 0. The highest BCUT2D eigenvalue weighted by atomic mass is 32.2. The maximum absolute atomic E-state index is 12.7. The Balaban J connectivity index is 1.55. The summed E-state index contributed by atoms with van der Waals surface area (Å²) in [4.78, 5) is 18.8. The molecule has 1 heterocycles. The monoisotopic (exact) mass is 406 g/mol. The van der Waals surface area contributed by atoms with Crippen LogP contribution in [-0.2, 0) is 10.0 Å². The summed E-state index contributed by atoms with van der Waals surface area (Å²) in [6, 6.07) is 10.2. The number of nitrogens with zero attached hydrogens (tertiary/aromatic N) is 1. The molecule has 28 heavy (non-hydrogen) atoms. The van der Waals surface area contributed by atoms with Gasteiger partial charge in [-0.3, -0.25) is 4.79 Å². The minimum absolute atomic E-state index is 0.0255. The van der Waals surface area contributed by atoms with Gasteiger partial charge in [0, 0.05) is 17.3 Å². The number of alkyl halides is 2. The number of sulfonamides is 1. The molecular formula is C18H16F2N4O3S. The zero-order valence-corrected chi connectivity index (χ0v) is 15.3. The van der Waals surface area contributed by atoms with Crippen molar-refractivity contribution in [1.29, 1.82) is 0 Å². The highest BCUT2D eigenvalue weighted by Crippen LogP contribution is 2.24. The summed E-state index contributed by atoms with van der Waals surface area (Å²) in [6.45, 7) is 0. The Morgan fingerprint density at radius 3 is 2.68 bits per heavy atom. The van der Waals surface area contributed by atoms with E-state index in [4.69, 9.17) is 0 Å². The van der Waals surface area contributed by atoms with Crippen LogP contribution in [0.15, 0.2) is 47.4 Å². The number of nitrogens with one attached hydrogen (secondary N) is 3. The van der Waals surface area contributed by atoms with E-state index in [-0.39, 0.29) is 16.5 Å². The van der Waals surface area contributed by atoms with E-state index in [1.54, 1.807) is 6.07 Å². The SMILES string of the molecule is O=C(Nc1cccc(S(=O)(=O)NC2CC2)c1)c1ccc2nc(C(F)F)[nH]c2c1. The smallest absolute Gasteiger partial charge is 0.295 e. The molecular weight excluding hydrogens is 390 g/mol. The zero-order chi connectivity index (χ0) is 19.9. The minimum atomic E-state index is -3.64. The van der Waals surface area contributed by atoms with Gasteiger partial charge in [0.1, 0.15) is 0 Å². The molecule has 7 nitrogen and oxygen atoms in total. The number of carbonyl (C=O) groups excluding carboxylic acids is 1. The fourth-order valence-electron chi connectivity index (χ4n) is 2.71. The first-order valence-electron chi connectivity index (χ1n) is 8.53. The van der Waals surface area contributed by atoms with Gasteiger partial charge in [-0.25, -0.2) is 26.9 Å². The number of aromatic nitrogens is 2. The number of imidazole rings is 1. The predicted octanol–water partition coefficient (Wildman–Crippen LogP) is 3.19. The van der Waals surface area contributed by atoms with Crippen LogP contribution in [0.1, 0.15) is 35.4 Å². The molecule has 0 atom stereocenters. The quantitative estimate of drug-likeness (QED) is 0.585. The van der Waals surface area contributed by atoms with Crippen molar-refractivity contribution in [3.05, 3.63) is 53.9 Å². The van der Waals surface area contributed by atoms with Crippen LogP contribution in [0.2, 0.25) is 0 Å². The van der Waals surface area contributed by atoms with Crippen LogP contribution in [0, 0.1) is 0 Å². The molecule has 0 unspecified atom stereocenters. The van der Waals surface area contributed by atoms with Crippen LogP contribution in [-0.4, -0.2) is 30.3 Å². The summed E-state index contributed by atoms with van der Waals surface area (Å²) in [7, 11) is -3.64. The van der Waals surface area contributed by atoms with E-state index >= 15 is 0 Å². The molecule has 0 saturated heterocycles. The van der Waals surface area contributed by atoms with Crippen LogP contribution >= 0.6 is 0 Å². The lowest BCUT2D eigenvalue weighted by molar-refractivity contribution is 0.102. The number of H-pyrrole nitrogens is 1. The number of anilines is 1. The third-order valence-corrected chi connectivity index (χ3v) is 5.79. The number of carbonyl (C=O) groups is 1. The van der Waals surface area contributed by atoms with Gasteiger partial charge in [0.15, 0.2) is 5.82 Å². The van der Waals surface area contributed by atoms with Gasteiger partial charge in [0.2, 0.25) is 10.0 Å². The van der Waals surface area contributed by atoms with Gasteiger partial charge in [-0.05, 0) is 49.2 Å². The van der Waals surface area contributed by atoms with Gasteiger partial charge in [-0.1, -0.05) is 6.07 Å². The number of hydrogen-bond acceptors (Lipinski definition) is 4. The van der Waals surface area contributed by atoms with Crippen LogP contribution < -0.4 is 10.0 Å². The first-order chi connectivity index (χ1) is 13.3. The number of aromatic amines is 1. The number of hydrogen-bond donors (Lipinski definition) is 3. The van der Waals surface area contributed by atoms with Gasteiger partial charge in [-0.15, -0.1) is 0 Å². The van der Waals surface area contributed by atoms with Crippen molar-refractivity contribution in [3.8, 4) is 0 Å². The Bertz CT molecular complexity index is 1160. The summed E-state index contributed by atoms with van der Waals surface area (Å²) in [5, 5.41) is 2.62. The number of amides is 1. The van der Waals surface area contributed by atoms with Crippen LogP contribution in [0.4, 0.5) is 14.5 Å². The summed E-state index contributed by atoms with van der Waals surface area (Å²) in [5.74, 6) is -0.964. The lowest BCUT2D eigenvalue weighted by atomic mass is 10.2. The largest absolute Gasteiger partial charge is 0.337 e. The van der Waals surface area contributed by atoms with E-state index in [2.05, 4.69) is 20.0 Å². The molecule has 10 heteroatoms. The Kier molecular flexibility index (Phi) is 4.60. The first kappa shape index (κ1) is 18.5. The van der Waals surface area contributed by atoms with Crippen molar-refractivity contribution in [2.24, 2.45) is 0 Å². The molecule has 1 amide bonds. The molecule has 1 fully saturated rings. The second-order valence-corrected chi connectivity index (χ2v) is 8.25. The van der Waals surface area contributed by atoms with Gasteiger partial charge >= 0.3 is 0 Å². The maximum Gasteiger partial charge on any atom is 0.295 e. The highest BCUT2D eigenvalue weighted by molar-refractivity contribution is 7.89. The molecule has 1 saturated carbocycles. The first-order valence-corrected chi connectivity index (χ1v) is 10.0. The molecule has 1 aromatic heterocycles. The van der Waals surface area contributed by atoms with Gasteiger partial charge < -0.3 is 10.3 Å². The maximum atomic E-state index is 12.7. The van der Waals surface area contributed by atoms with E-state index in [9.17, 15) is 22.0 Å². The zero-order valence-electron chi connectivity index (χ0n) is 14.4. The van der Waals surface area contributed by atoms with Crippen LogP contribution in [0.5, 0.6) is 0 Å². The van der Waals surface area contributed by atoms with Gasteiger partial charge in [-0.2, -0.15) is 0 Å². The standard InChI is InChI=1S/C18H16F2N4O3S/c19-16(20)17-22-14-7-4-10(8-15(14)23-17)18(25)21-12-2-1-3-13(9-12)28(26,27)24-11-5-6-11/h1-4,7-9,11,16,24H,5-6H2,(H,21,25)(H,22,23). The van der Waals surface area contributed by atoms with Gasteiger partial charge in [0.25, 0.3) is 12.3 Å². The third-order valence-electron chi connectivity index (χ3n) is 4.27. The lowest BCUT2D eigenvalue weighted by Gasteiger charge is -2.09. The predicted molar refractivity (Wildman–Crippen MR) is 98.8 cm³/mol. The molecule has 0 spiro atoms. The van der Waals surface area contributed by atoms with E-state index in [0.717, 1.165) is 12.8 Å². The number of fused-ring (bicyclic) bond motifs is 1. The van der Waals surface area contributed by atoms with Crippen molar-refractivity contribution in [2.45, 2.75) is 30.2 Å². The highest BCUT2D eigenvalue weighted by Gasteiger charge is 2.28. The second-order valence-electron chi connectivity index (χ2n) is 6.53. The van der Waals surface area contributed by atoms with E-state index in [1.165, 1.54) is 36.4 Å². The number of rotatable bonds is 6. The molecule has 2 aromatic carbocycles. The van der Waals surface area contributed by atoms with Crippen LogP contribution in [0.3, 0.4) is 0 Å². The molecule has 4 rings (SSSR count). The number of halogens is 2. The lowest BCUT2D eigenvalue weighted by Crippen LogP contribution is -2.25. The molecule has 3 N–H and O–H groups in total.